The lowest BCUT2D eigenvalue weighted by Gasteiger charge is -2.35. The Balaban J connectivity index is 1.87. The highest BCUT2D eigenvalue weighted by molar-refractivity contribution is 7.90. The minimum absolute atomic E-state index is 0.0658. The molecule has 0 amide bonds. The molecule has 174 valence electrons. The molecule has 1 aromatic carbocycles. The number of amidine groups is 1. The van der Waals surface area contributed by atoms with Gasteiger partial charge in [-0.25, -0.2) is 17.8 Å². The highest BCUT2D eigenvalue weighted by Gasteiger charge is 2.38. The van der Waals surface area contributed by atoms with Crippen LogP contribution in [0.2, 0.25) is 0 Å². The van der Waals surface area contributed by atoms with Gasteiger partial charge in [0.2, 0.25) is 5.79 Å². The predicted molar refractivity (Wildman–Crippen MR) is 120 cm³/mol. The van der Waals surface area contributed by atoms with Crippen molar-refractivity contribution in [3.8, 4) is 0 Å². The van der Waals surface area contributed by atoms with Gasteiger partial charge in [-0.1, -0.05) is 0 Å². The number of aryl methyl sites for hydroxylation is 2. The van der Waals surface area contributed by atoms with Crippen LogP contribution in [0.1, 0.15) is 16.8 Å². The third-order valence-corrected chi connectivity index (χ3v) is 6.09. The molecule has 3 heterocycles. The number of ether oxygens (including phenoxy) is 1. The van der Waals surface area contributed by atoms with E-state index in [1.165, 1.54) is 19.2 Å². The number of benzene rings is 1. The molecule has 4 rings (SSSR count). The number of anilines is 1. The quantitative estimate of drug-likeness (QED) is 0.430. The zero-order valence-corrected chi connectivity index (χ0v) is 19.2. The zero-order valence-electron chi connectivity index (χ0n) is 18.3. The van der Waals surface area contributed by atoms with E-state index in [1.54, 1.807) is 30.2 Å². The summed E-state index contributed by atoms with van der Waals surface area (Å²) in [6.07, 6.45) is 4.32. The number of nitrogens with zero attached hydrogens (tertiary/aromatic N) is 4. The van der Waals surface area contributed by atoms with Gasteiger partial charge >= 0.3 is 0 Å². The fraction of sp³-hybridized carbons (Fsp3) is 0.250. The van der Waals surface area contributed by atoms with Crippen molar-refractivity contribution in [3.05, 3.63) is 65.1 Å². The van der Waals surface area contributed by atoms with Crippen LogP contribution in [0.25, 0.3) is 5.70 Å². The molecule has 1 unspecified atom stereocenters. The molecule has 0 aliphatic carbocycles. The molecule has 1 aliphatic rings. The summed E-state index contributed by atoms with van der Waals surface area (Å²) in [5.41, 5.74) is 8.33. The van der Waals surface area contributed by atoms with Crippen LogP contribution in [0.15, 0.2) is 52.3 Å². The SMILES string of the molecule is COC1=C(c2cnn(C)c2)NC(N)(c2ccc(S(C)(=O)=O)cc2F)N=C1Nc1cc(C)[nH]n1. The van der Waals surface area contributed by atoms with Gasteiger partial charge in [-0.05, 0) is 25.1 Å². The average Bonchev–Trinajstić information content (AvgIpc) is 3.34. The Morgan fingerprint density at radius 3 is 2.61 bits per heavy atom. The van der Waals surface area contributed by atoms with Gasteiger partial charge in [0.15, 0.2) is 27.2 Å². The number of sulfone groups is 1. The van der Waals surface area contributed by atoms with Crippen LogP contribution >= 0.6 is 0 Å². The van der Waals surface area contributed by atoms with Crippen molar-refractivity contribution < 1.29 is 17.5 Å². The first-order valence-corrected chi connectivity index (χ1v) is 11.6. The number of hydrogen-bond acceptors (Lipinski definition) is 9. The molecular weight excluding hydrogens is 451 g/mol. The Morgan fingerprint density at radius 1 is 1.30 bits per heavy atom. The number of H-pyrrole nitrogens is 1. The van der Waals surface area contributed by atoms with Gasteiger partial charge in [-0.3, -0.25) is 15.5 Å². The number of nitrogens with two attached hydrogens (primary N) is 1. The van der Waals surface area contributed by atoms with Crippen LogP contribution in [-0.2, 0) is 27.4 Å². The first kappa shape index (κ1) is 22.5. The number of hydrogen-bond donors (Lipinski definition) is 4. The fourth-order valence-electron chi connectivity index (χ4n) is 3.42. The molecular formula is C20H23FN8O3S. The van der Waals surface area contributed by atoms with E-state index in [4.69, 9.17) is 10.5 Å². The van der Waals surface area contributed by atoms with E-state index in [-0.39, 0.29) is 16.3 Å². The minimum Gasteiger partial charge on any atom is -0.491 e. The predicted octanol–water partition coefficient (Wildman–Crippen LogP) is 1.19. The smallest absolute Gasteiger partial charge is 0.214 e. The van der Waals surface area contributed by atoms with Crippen LogP contribution in [0.4, 0.5) is 10.2 Å². The van der Waals surface area contributed by atoms with Gasteiger partial charge in [0.05, 0.1) is 29.5 Å². The van der Waals surface area contributed by atoms with E-state index in [0.29, 0.717) is 22.8 Å². The standard InChI is InChI=1S/C20H23FN8O3S/c1-11-7-16(28-27-11)24-19-18(32-3)17(12-9-23-29(2)10-12)25-20(22,26-19)14-6-5-13(8-15(14)21)33(4,30)31/h5-10,25H,22H2,1-4H3,(H2,24,26,27,28). The van der Waals surface area contributed by atoms with E-state index >= 15 is 4.39 Å². The molecule has 0 bridgehead atoms. The monoisotopic (exact) mass is 474 g/mol. The molecule has 0 saturated heterocycles. The Kier molecular flexibility index (Phi) is 5.46. The van der Waals surface area contributed by atoms with Gasteiger partial charge in [0.25, 0.3) is 0 Å². The summed E-state index contributed by atoms with van der Waals surface area (Å²) in [4.78, 5) is 4.33. The molecule has 3 aromatic rings. The van der Waals surface area contributed by atoms with E-state index in [9.17, 15) is 8.42 Å². The Bertz CT molecular complexity index is 1390. The normalized spacial score (nSPS) is 18.7. The molecule has 33 heavy (non-hydrogen) atoms. The van der Waals surface area contributed by atoms with E-state index in [2.05, 4.69) is 30.9 Å². The maximum atomic E-state index is 15.1. The van der Waals surface area contributed by atoms with E-state index in [1.807, 2.05) is 6.92 Å². The highest BCUT2D eigenvalue weighted by atomic mass is 32.2. The van der Waals surface area contributed by atoms with Crippen LogP contribution in [0.3, 0.4) is 0 Å². The highest BCUT2D eigenvalue weighted by Crippen LogP contribution is 2.32. The van der Waals surface area contributed by atoms with Crippen LogP contribution in [-0.4, -0.2) is 47.6 Å². The molecule has 1 aliphatic heterocycles. The summed E-state index contributed by atoms with van der Waals surface area (Å²) in [7, 11) is -0.395. The maximum Gasteiger partial charge on any atom is 0.214 e. The van der Waals surface area contributed by atoms with Crippen molar-refractivity contribution in [3.63, 3.8) is 0 Å². The van der Waals surface area contributed by atoms with Crippen molar-refractivity contribution in [2.24, 2.45) is 17.8 Å². The van der Waals surface area contributed by atoms with Crippen LogP contribution in [0.5, 0.6) is 0 Å². The first-order valence-electron chi connectivity index (χ1n) is 9.74. The largest absolute Gasteiger partial charge is 0.491 e. The number of aromatic amines is 1. The molecule has 11 nitrogen and oxygen atoms in total. The molecule has 1 atom stereocenters. The zero-order chi connectivity index (χ0) is 24.0. The van der Waals surface area contributed by atoms with E-state index < -0.39 is 21.4 Å². The number of halogens is 1. The Hall–Kier alpha value is -3.71. The second kappa shape index (κ2) is 8.01. The van der Waals surface area contributed by atoms with Gasteiger partial charge in [-0.15, -0.1) is 0 Å². The first-order chi connectivity index (χ1) is 15.5. The minimum atomic E-state index is -3.61. The number of aromatic nitrogens is 4. The van der Waals surface area contributed by atoms with Crippen molar-refractivity contribution in [1.29, 1.82) is 0 Å². The molecule has 2 aromatic heterocycles. The lowest BCUT2D eigenvalue weighted by Crippen LogP contribution is -2.52. The molecule has 13 heteroatoms. The lowest BCUT2D eigenvalue weighted by atomic mass is 10.0. The van der Waals surface area contributed by atoms with Gasteiger partial charge in [0.1, 0.15) is 5.82 Å². The van der Waals surface area contributed by atoms with Crippen LogP contribution < -0.4 is 16.4 Å². The third kappa shape index (κ3) is 4.32. The number of nitrogens with one attached hydrogen (secondary N) is 3. The summed E-state index contributed by atoms with van der Waals surface area (Å²) in [6, 6.07) is 5.24. The van der Waals surface area contributed by atoms with Crippen molar-refractivity contribution in [1.82, 2.24) is 25.3 Å². The third-order valence-electron chi connectivity index (χ3n) is 4.98. The van der Waals surface area contributed by atoms with E-state index in [0.717, 1.165) is 18.0 Å². The van der Waals surface area contributed by atoms with Gasteiger partial charge in [0, 0.05) is 36.8 Å². The van der Waals surface area contributed by atoms with Crippen molar-refractivity contribution >= 4 is 27.2 Å². The summed E-state index contributed by atoms with van der Waals surface area (Å²) in [5.74, 6) is -1.70. The van der Waals surface area contributed by atoms with Gasteiger partial charge < -0.3 is 15.4 Å². The average molecular weight is 475 g/mol. The summed E-state index contributed by atoms with van der Waals surface area (Å²) in [5, 5.41) is 17.2. The fourth-order valence-corrected chi connectivity index (χ4v) is 4.06. The Morgan fingerprint density at radius 2 is 2.06 bits per heavy atom. The van der Waals surface area contributed by atoms with Gasteiger partial charge in [-0.2, -0.15) is 10.2 Å². The molecule has 0 spiro atoms. The summed E-state index contributed by atoms with van der Waals surface area (Å²) in [6.45, 7) is 1.84. The number of aliphatic imine (C=N–C) groups is 1. The number of methoxy groups -OCH3 is 1. The molecule has 0 radical (unpaired) electrons. The summed E-state index contributed by atoms with van der Waals surface area (Å²) < 4.78 is 46.0. The Labute approximate surface area is 189 Å². The number of rotatable bonds is 5. The molecule has 5 N–H and O–H groups in total. The van der Waals surface area contributed by atoms with Crippen molar-refractivity contribution in [2.45, 2.75) is 17.6 Å². The molecule has 0 fully saturated rings. The lowest BCUT2D eigenvalue weighted by molar-refractivity contribution is 0.299. The maximum absolute atomic E-state index is 15.1. The topological polar surface area (TPSA) is 152 Å². The second-order valence-corrected chi connectivity index (χ2v) is 9.65. The second-order valence-electron chi connectivity index (χ2n) is 7.64. The summed E-state index contributed by atoms with van der Waals surface area (Å²) >= 11 is 0. The van der Waals surface area contributed by atoms with Crippen molar-refractivity contribution in [2.75, 3.05) is 18.7 Å². The van der Waals surface area contributed by atoms with Crippen LogP contribution in [0, 0.1) is 12.7 Å². The molecule has 0 saturated carbocycles.